The molecule has 0 spiro atoms. The summed E-state index contributed by atoms with van der Waals surface area (Å²) in [6.07, 6.45) is 9.98. The highest BCUT2D eigenvalue weighted by Gasteiger charge is 2.24. The van der Waals surface area contributed by atoms with Crippen molar-refractivity contribution >= 4 is 33.8 Å². The molecule has 0 radical (unpaired) electrons. The van der Waals surface area contributed by atoms with Crippen molar-refractivity contribution in [2.24, 2.45) is 0 Å². The van der Waals surface area contributed by atoms with Crippen molar-refractivity contribution in [2.75, 3.05) is 5.32 Å². The Bertz CT molecular complexity index is 1860. The lowest BCUT2D eigenvalue weighted by atomic mass is 9.92. The predicted octanol–water partition coefficient (Wildman–Crippen LogP) is 6.33. The molecule has 0 fully saturated rings. The van der Waals surface area contributed by atoms with Crippen molar-refractivity contribution in [2.45, 2.75) is 25.7 Å². The lowest BCUT2D eigenvalue weighted by Crippen LogP contribution is -2.20. The van der Waals surface area contributed by atoms with Gasteiger partial charge in [-0.1, -0.05) is 48.5 Å². The first-order valence-electron chi connectivity index (χ1n) is 12.8. The van der Waals surface area contributed by atoms with Crippen LogP contribution in [0.3, 0.4) is 0 Å². The number of hydrogen-bond acceptors (Lipinski definition) is 5. The number of rotatable bonds is 5. The number of nitrogens with one attached hydrogen (secondary N) is 3. The number of allylic oxidation sites excluding steroid dienone is 2. The zero-order chi connectivity index (χ0) is 25.5. The fourth-order valence-electron chi connectivity index (χ4n) is 5.29. The van der Waals surface area contributed by atoms with Crippen LogP contribution in [-0.4, -0.2) is 29.8 Å². The fourth-order valence-corrected chi connectivity index (χ4v) is 5.29. The highest BCUT2D eigenvalue weighted by Crippen LogP contribution is 2.37. The average molecular weight is 500 g/mol. The molecule has 4 aromatic heterocycles. The molecule has 0 bridgehead atoms. The summed E-state index contributed by atoms with van der Waals surface area (Å²) >= 11 is 0. The van der Waals surface area contributed by atoms with Gasteiger partial charge in [0.15, 0.2) is 5.65 Å². The molecule has 1 aliphatic carbocycles. The predicted molar refractivity (Wildman–Crippen MR) is 150 cm³/mol. The van der Waals surface area contributed by atoms with Crippen molar-refractivity contribution in [1.29, 1.82) is 0 Å². The van der Waals surface area contributed by atoms with E-state index in [1.54, 1.807) is 16.9 Å². The highest BCUT2D eigenvalue weighted by atomic mass is 16.1. The minimum absolute atomic E-state index is 0.180. The van der Waals surface area contributed by atoms with E-state index < -0.39 is 0 Å². The van der Waals surface area contributed by atoms with Gasteiger partial charge in [-0.05, 0) is 55.0 Å². The Balaban J connectivity index is 1.54. The van der Waals surface area contributed by atoms with E-state index >= 15 is 0 Å². The Morgan fingerprint density at radius 1 is 0.895 bits per heavy atom. The van der Waals surface area contributed by atoms with Crippen LogP contribution in [-0.2, 0) is 0 Å². The second-order valence-corrected chi connectivity index (χ2v) is 9.51. The molecule has 2 aromatic carbocycles. The van der Waals surface area contributed by atoms with Crippen LogP contribution in [0.25, 0.3) is 44.5 Å². The molecule has 6 aromatic rings. The number of benzene rings is 2. The van der Waals surface area contributed by atoms with E-state index in [-0.39, 0.29) is 5.56 Å². The van der Waals surface area contributed by atoms with Crippen molar-refractivity contribution < 1.29 is 0 Å². The Morgan fingerprint density at radius 2 is 1.82 bits per heavy atom. The summed E-state index contributed by atoms with van der Waals surface area (Å²) in [5, 5.41) is 14.7. The van der Waals surface area contributed by atoms with Gasteiger partial charge in [0.25, 0.3) is 5.56 Å². The van der Waals surface area contributed by atoms with Gasteiger partial charge in [0.05, 0.1) is 23.0 Å². The lowest BCUT2D eigenvalue weighted by molar-refractivity contribution is 0.742. The Kier molecular flexibility index (Phi) is 5.36. The molecule has 0 unspecified atom stereocenters. The summed E-state index contributed by atoms with van der Waals surface area (Å²) in [5.74, 6) is 1.13. The van der Waals surface area contributed by atoms with Crippen LogP contribution < -0.4 is 10.9 Å². The molecular formula is C30H25N7O. The molecule has 1 aliphatic rings. The second kappa shape index (κ2) is 9.15. The van der Waals surface area contributed by atoms with Gasteiger partial charge in [-0.15, -0.1) is 0 Å². The quantitative estimate of drug-likeness (QED) is 0.257. The van der Waals surface area contributed by atoms with Gasteiger partial charge in [-0.25, -0.2) is 4.98 Å². The summed E-state index contributed by atoms with van der Waals surface area (Å²) in [4.78, 5) is 23.8. The zero-order valence-corrected chi connectivity index (χ0v) is 20.6. The number of anilines is 2. The SMILES string of the molecule is O=c1c(-c2ccc3ncccc3c2)c(Nc2ccn[nH]2)nc2c(C3=CCCCC3)c(-c3ccccc3)[nH]n12. The van der Waals surface area contributed by atoms with Crippen LogP contribution in [0, 0.1) is 0 Å². The van der Waals surface area contributed by atoms with Gasteiger partial charge in [0, 0.05) is 28.8 Å². The molecule has 4 heterocycles. The summed E-state index contributed by atoms with van der Waals surface area (Å²) in [7, 11) is 0. The number of fused-ring (bicyclic) bond motifs is 2. The van der Waals surface area contributed by atoms with E-state index in [2.05, 4.69) is 43.8 Å². The molecular weight excluding hydrogens is 474 g/mol. The summed E-state index contributed by atoms with van der Waals surface area (Å²) < 4.78 is 1.59. The number of pyridine rings is 1. The van der Waals surface area contributed by atoms with E-state index in [4.69, 9.17) is 4.98 Å². The van der Waals surface area contributed by atoms with E-state index in [0.717, 1.165) is 52.5 Å². The summed E-state index contributed by atoms with van der Waals surface area (Å²) in [6, 6.07) is 21.7. The van der Waals surface area contributed by atoms with Crippen molar-refractivity contribution in [3.8, 4) is 22.4 Å². The molecule has 38 heavy (non-hydrogen) atoms. The van der Waals surface area contributed by atoms with Crippen molar-refractivity contribution in [3.05, 3.63) is 101 Å². The van der Waals surface area contributed by atoms with Gasteiger partial charge in [0.2, 0.25) is 0 Å². The first kappa shape index (κ1) is 22.2. The van der Waals surface area contributed by atoms with Crippen LogP contribution in [0.2, 0.25) is 0 Å². The van der Waals surface area contributed by atoms with E-state index in [9.17, 15) is 4.79 Å². The third-order valence-corrected chi connectivity index (χ3v) is 7.10. The maximum Gasteiger partial charge on any atom is 0.282 e. The van der Waals surface area contributed by atoms with Crippen molar-refractivity contribution in [1.82, 2.24) is 29.8 Å². The molecule has 7 rings (SSSR count). The first-order chi connectivity index (χ1) is 18.8. The van der Waals surface area contributed by atoms with E-state index in [1.807, 2.05) is 54.6 Å². The maximum absolute atomic E-state index is 14.3. The lowest BCUT2D eigenvalue weighted by Gasteiger charge is -2.14. The molecule has 3 N–H and O–H groups in total. The van der Waals surface area contributed by atoms with Crippen LogP contribution in [0.4, 0.5) is 11.6 Å². The number of aromatic amines is 2. The largest absolute Gasteiger partial charge is 0.325 e. The monoisotopic (exact) mass is 499 g/mol. The topological polar surface area (TPSA) is 104 Å². The number of nitrogens with zero attached hydrogens (tertiary/aromatic N) is 4. The van der Waals surface area contributed by atoms with Crippen LogP contribution in [0.15, 0.2) is 90.0 Å². The summed E-state index contributed by atoms with van der Waals surface area (Å²) in [6.45, 7) is 0. The third-order valence-electron chi connectivity index (χ3n) is 7.10. The minimum Gasteiger partial charge on any atom is -0.325 e. The number of H-pyrrole nitrogens is 2. The smallest absolute Gasteiger partial charge is 0.282 e. The van der Waals surface area contributed by atoms with Gasteiger partial charge >= 0.3 is 0 Å². The molecule has 0 aliphatic heterocycles. The van der Waals surface area contributed by atoms with Crippen LogP contribution in [0.5, 0.6) is 0 Å². The van der Waals surface area contributed by atoms with E-state index in [1.165, 1.54) is 12.0 Å². The van der Waals surface area contributed by atoms with Crippen molar-refractivity contribution in [3.63, 3.8) is 0 Å². The molecule has 0 amide bonds. The average Bonchev–Trinajstić information content (AvgIpc) is 3.62. The van der Waals surface area contributed by atoms with Crippen LogP contribution in [0.1, 0.15) is 31.2 Å². The normalized spacial score (nSPS) is 13.6. The second-order valence-electron chi connectivity index (χ2n) is 9.51. The Morgan fingerprint density at radius 3 is 2.63 bits per heavy atom. The third kappa shape index (κ3) is 3.78. The van der Waals surface area contributed by atoms with E-state index in [0.29, 0.717) is 22.8 Å². The van der Waals surface area contributed by atoms with Gasteiger partial charge in [0.1, 0.15) is 11.6 Å². The fraction of sp³-hybridized carbons (Fsp3) is 0.133. The molecule has 0 saturated heterocycles. The Hall–Kier alpha value is -4.98. The zero-order valence-electron chi connectivity index (χ0n) is 20.6. The van der Waals surface area contributed by atoms with Gasteiger partial charge < -0.3 is 5.32 Å². The molecule has 8 nitrogen and oxygen atoms in total. The standard InChI is InChI=1S/C30H25N7O/c38-30-26(22-13-14-23-21(18-22)12-7-16-31-23)28(33-24-15-17-32-35-24)34-29-25(19-8-3-1-4-9-19)27(36-37(29)30)20-10-5-2-6-11-20/h2,5-8,10-18,36H,1,3-4,9H2,(H2,32,33,35). The summed E-state index contributed by atoms with van der Waals surface area (Å²) in [5.41, 5.74) is 6.63. The number of hydrogen-bond donors (Lipinski definition) is 3. The molecule has 0 saturated carbocycles. The maximum atomic E-state index is 14.3. The van der Waals surface area contributed by atoms with Gasteiger partial charge in [-0.2, -0.15) is 9.61 Å². The molecule has 0 atom stereocenters. The first-order valence-corrected chi connectivity index (χ1v) is 12.8. The number of aromatic nitrogens is 6. The molecule has 186 valence electrons. The highest BCUT2D eigenvalue weighted by molar-refractivity contribution is 5.91. The minimum atomic E-state index is -0.180. The molecule has 8 heteroatoms. The Labute approximate surface area is 218 Å². The van der Waals surface area contributed by atoms with Crippen LogP contribution >= 0.6 is 0 Å². The van der Waals surface area contributed by atoms with Gasteiger partial charge in [-0.3, -0.25) is 20.0 Å².